The molecule has 0 aliphatic heterocycles. The lowest BCUT2D eigenvalue weighted by atomic mass is 9.73. The molecular formula is C17H34O2. The first-order valence-electron chi connectivity index (χ1n) is 7.69. The highest BCUT2D eigenvalue weighted by atomic mass is 16.6. The van der Waals surface area contributed by atoms with Crippen molar-refractivity contribution in [2.45, 2.75) is 93.1 Å². The summed E-state index contributed by atoms with van der Waals surface area (Å²) in [5, 5.41) is 0. The van der Waals surface area contributed by atoms with Crippen LogP contribution in [0.5, 0.6) is 0 Å². The molecule has 0 saturated heterocycles. The largest absolute Gasteiger partial charge is 0.459 e. The van der Waals surface area contributed by atoms with Gasteiger partial charge in [0, 0.05) is 0 Å². The Labute approximate surface area is 120 Å². The van der Waals surface area contributed by atoms with Crippen molar-refractivity contribution in [3.05, 3.63) is 0 Å². The first-order valence-corrected chi connectivity index (χ1v) is 7.69. The predicted molar refractivity (Wildman–Crippen MR) is 82.2 cm³/mol. The van der Waals surface area contributed by atoms with Crippen molar-refractivity contribution in [2.75, 3.05) is 0 Å². The molecule has 2 heteroatoms. The Hall–Kier alpha value is -0.530. The van der Waals surface area contributed by atoms with Crippen LogP contribution in [0.3, 0.4) is 0 Å². The highest BCUT2D eigenvalue weighted by Gasteiger charge is 2.39. The zero-order chi connectivity index (χ0) is 15.3. The Morgan fingerprint density at radius 2 is 1.53 bits per heavy atom. The van der Waals surface area contributed by atoms with E-state index in [2.05, 4.69) is 34.6 Å². The van der Waals surface area contributed by atoms with E-state index in [0.29, 0.717) is 0 Å². The Morgan fingerprint density at radius 1 is 1.00 bits per heavy atom. The van der Waals surface area contributed by atoms with E-state index >= 15 is 0 Å². The molecule has 0 aromatic carbocycles. The molecule has 0 spiro atoms. The summed E-state index contributed by atoms with van der Waals surface area (Å²) in [5.74, 6) is -0.0361. The number of carbonyl (C=O) groups excluding carboxylic acids is 1. The van der Waals surface area contributed by atoms with Crippen LogP contribution in [0.4, 0.5) is 0 Å². The number of hydrogen-bond acceptors (Lipinski definition) is 2. The van der Waals surface area contributed by atoms with Crippen molar-refractivity contribution >= 4 is 5.97 Å². The molecule has 0 aliphatic carbocycles. The molecule has 0 amide bonds. The van der Waals surface area contributed by atoms with Crippen molar-refractivity contribution < 1.29 is 9.53 Å². The average Bonchev–Trinajstić information content (AvgIpc) is 2.23. The van der Waals surface area contributed by atoms with E-state index in [9.17, 15) is 4.79 Å². The van der Waals surface area contributed by atoms with Gasteiger partial charge in [-0.25, -0.2) is 0 Å². The first kappa shape index (κ1) is 18.5. The van der Waals surface area contributed by atoms with E-state index in [4.69, 9.17) is 4.74 Å². The molecule has 0 aromatic heterocycles. The second-order valence-corrected chi connectivity index (χ2v) is 7.90. The first-order chi connectivity index (χ1) is 8.46. The Kier molecular flexibility index (Phi) is 6.57. The maximum absolute atomic E-state index is 12.5. The zero-order valence-corrected chi connectivity index (χ0v) is 14.4. The topological polar surface area (TPSA) is 26.3 Å². The Bertz CT molecular complexity index is 286. The third kappa shape index (κ3) is 6.98. The maximum atomic E-state index is 12.5. The minimum atomic E-state index is -0.373. The second kappa shape index (κ2) is 6.76. The number of ether oxygens (including phenoxy) is 1. The van der Waals surface area contributed by atoms with Gasteiger partial charge in [-0.05, 0) is 51.9 Å². The van der Waals surface area contributed by atoms with Gasteiger partial charge in [0.15, 0.2) is 0 Å². The second-order valence-electron chi connectivity index (χ2n) is 7.90. The number of hydrogen-bond donors (Lipinski definition) is 0. The standard InChI is InChI=1S/C17H34O2/c1-9-11-12-16(6,7)19-14(18)17(8,10-2)13-15(3,4)5/h9-13H2,1-8H3. The van der Waals surface area contributed by atoms with Gasteiger partial charge in [0.05, 0.1) is 5.41 Å². The summed E-state index contributed by atoms with van der Waals surface area (Å²) in [7, 11) is 0. The van der Waals surface area contributed by atoms with Gasteiger partial charge in [0.1, 0.15) is 5.60 Å². The fraction of sp³-hybridized carbons (Fsp3) is 0.941. The lowest BCUT2D eigenvalue weighted by Crippen LogP contribution is -2.39. The van der Waals surface area contributed by atoms with Crippen LogP contribution in [0, 0.1) is 10.8 Å². The molecule has 0 rings (SSSR count). The molecule has 0 N–H and O–H groups in total. The van der Waals surface area contributed by atoms with Gasteiger partial charge >= 0.3 is 5.97 Å². The molecule has 19 heavy (non-hydrogen) atoms. The van der Waals surface area contributed by atoms with Crippen molar-refractivity contribution in [3.8, 4) is 0 Å². The third-order valence-corrected chi connectivity index (χ3v) is 3.70. The molecule has 0 aromatic rings. The van der Waals surface area contributed by atoms with Gasteiger partial charge in [-0.15, -0.1) is 0 Å². The molecule has 0 radical (unpaired) electrons. The van der Waals surface area contributed by atoms with Crippen LogP contribution in [-0.4, -0.2) is 11.6 Å². The lowest BCUT2D eigenvalue weighted by Gasteiger charge is -2.36. The van der Waals surface area contributed by atoms with Gasteiger partial charge in [0.25, 0.3) is 0 Å². The SMILES string of the molecule is CCCCC(C)(C)OC(=O)C(C)(CC)CC(C)(C)C. The number of unbranched alkanes of at least 4 members (excludes halogenated alkanes) is 1. The van der Waals surface area contributed by atoms with Crippen LogP contribution >= 0.6 is 0 Å². The van der Waals surface area contributed by atoms with Crippen molar-refractivity contribution in [1.29, 1.82) is 0 Å². The summed E-state index contributed by atoms with van der Waals surface area (Å²) in [5.41, 5.74) is -0.583. The normalized spacial score (nSPS) is 16.0. The predicted octanol–water partition coefficient (Wildman–Crippen LogP) is 5.35. The Balaban J connectivity index is 4.76. The van der Waals surface area contributed by atoms with Crippen LogP contribution in [0.2, 0.25) is 0 Å². The minimum absolute atomic E-state index is 0.0361. The van der Waals surface area contributed by atoms with Crippen molar-refractivity contribution in [2.24, 2.45) is 10.8 Å². The van der Waals surface area contributed by atoms with E-state index < -0.39 is 0 Å². The molecule has 0 aliphatic rings. The van der Waals surface area contributed by atoms with Crippen LogP contribution in [-0.2, 0) is 9.53 Å². The van der Waals surface area contributed by atoms with E-state index in [1.54, 1.807) is 0 Å². The van der Waals surface area contributed by atoms with E-state index in [1.807, 2.05) is 20.8 Å². The van der Waals surface area contributed by atoms with Crippen molar-refractivity contribution in [3.63, 3.8) is 0 Å². The average molecular weight is 270 g/mol. The Morgan fingerprint density at radius 3 is 1.89 bits per heavy atom. The fourth-order valence-electron chi connectivity index (χ4n) is 2.54. The lowest BCUT2D eigenvalue weighted by molar-refractivity contribution is -0.171. The summed E-state index contributed by atoms with van der Waals surface area (Å²) >= 11 is 0. The summed E-state index contributed by atoms with van der Waals surface area (Å²) < 4.78 is 5.80. The highest BCUT2D eigenvalue weighted by molar-refractivity contribution is 5.76. The van der Waals surface area contributed by atoms with Crippen LogP contribution in [0.25, 0.3) is 0 Å². The van der Waals surface area contributed by atoms with Crippen LogP contribution in [0.15, 0.2) is 0 Å². The zero-order valence-electron chi connectivity index (χ0n) is 14.4. The molecule has 0 saturated carbocycles. The molecule has 1 unspecified atom stereocenters. The van der Waals surface area contributed by atoms with Crippen molar-refractivity contribution in [1.82, 2.24) is 0 Å². The van der Waals surface area contributed by atoms with E-state index in [-0.39, 0.29) is 22.4 Å². The molecule has 0 heterocycles. The maximum Gasteiger partial charge on any atom is 0.312 e. The van der Waals surface area contributed by atoms with Gasteiger partial charge in [-0.2, -0.15) is 0 Å². The molecule has 0 bridgehead atoms. The molecule has 2 nitrogen and oxygen atoms in total. The van der Waals surface area contributed by atoms with Gasteiger partial charge in [0.2, 0.25) is 0 Å². The smallest absolute Gasteiger partial charge is 0.312 e. The van der Waals surface area contributed by atoms with Crippen LogP contribution in [0.1, 0.15) is 87.5 Å². The summed E-state index contributed by atoms with van der Waals surface area (Å²) in [6.45, 7) is 16.8. The monoisotopic (exact) mass is 270 g/mol. The highest BCUT2D eigenvalue weighted by Crippen LogP contribution is 2.38. The molecule has 114 valence electrons. The third-order valence-electron chi connectivity index (χ3n) is 3.70. The van der Waals surface area contributed by atoms with Gasteiger partial charge in [-0.3, -0.25) is 4.79 Å². The number of rotatable bonds is 7. The van der Waals surface area contributed by atoms with Gasteiger partial charge in [-0.1, -0.05) is 41.0 Å². The van der Waals surface area contributed by atoms with Crippen LogP contribution < -0.4 is 0 Å². The quantitative estimate of drug-likeness (QED) is 0.583. The molecule has 1 atom stereocenters. The number of carbonyl (C=O) groups is 1. The van der Waals surface area contributed by atoms with Gasteiger partial charge < -0.3 is 4.74 Å². The summed E-state index contributed by atoms with van der Waals surface area (Å²) in [6.07, 6.45) is 4.85. The molecular weight excluding hydrogens is 236 g/mol. The minimum Gasteiger partial charge on any atom is -0.459 e. The molecule has 0 fully saturated rings. The fourth-order valence-corrected chi connectivity index (χ4v) is 2.54. The number of esters is 1. The van der Waals surface area contributed by atoms with E-state index in [1.165, 1.54) is 0 Å². The van der Waals surface area contributed by atoms with E-state index in [0.717, 1.165) is 32.1 Å². The summed E-state index contributed by atoms with van der Waals surface area (Å²) in [4.78, 5) is 12.5. The summed E-state index contributed by atoms with van der Waals surface area (Å²) in [6, 6.07) is 0.